The first kappa shape index (κ1) is 13.5. The van der Waals surface area contributed by atoms with E-state index in [4.69, 9.17) is 9.57 Å². The number of nitrogens with one attached hydrogen (secondary N) is 1. The zero-order valence-corrected chi connectivity index (χ0v) is 11.7. The lowest BCUT2D eigenvalue weighted by atomic mass is 10.2. The molecule has 0 unspecified atom stereocenters. The summed E-state index contributed by atoms with van der Waals surface area (Å²) in [5.74, 6) is 0.843. The Morgan fingerprint density at radius 2 is 2.00 bits per heavy atom. The molecule has 1 aromatic rings. The average Bonchev–Trinajstić information content (AvgIpc) is 2.19. The van der Waals surface area contributed by atoms with Crippen molar-refractivity contribution in [1.82, 2.24) is 5.48 Å². The third-order valence-corrected chi connectivity index (χ3v) is 2.67. The third kappa shape index (κ3) is 4.51. The van der Waals surface area contributed by atoms with Gasteiger partial charge in [0.25, 0.3) is 0 Å². The number of ether oxygens (including phenoxy) is 1. The molecule has 0 aliphatic carbocycles. The molecule has 0 amide bonds. The Hall–Kier alpha value is -0.580. The molecule has 0 spiro atoms. The lowest BCUT2D eigenvalue weighted by Crippen LogP contribution is -2.28. The molecule has 0 aromatic heterocycles. The van der Waals surface area contributed by atoms with E-state index in [9.17, 15) is 0 Å². The fraction of sp³-hybridized carbons (Fsp3) is 0.500. The van der Waals surface area contributed by atoms with Crippen molar-refractivity contribution in [2.75, 3.05) is 7.11 Å². The molecule has 0 saturated heterocycles. The highest BCUT2D eigenvalue weighted by Gasteiger charge is 2.10. The molecule has 90 valence electrons. The molecule has 1 N–H and O–H groups in total. The number of hydroxylamine groups is 1. The van der Waals surface area contributed by atoms with Gasteiger partial charge in [-0.2, -0.15) is 5.48 Å². The van der Waals surface area contributed by atoms with Crippen LogP contribution in [-0.4, -0.2) is 12.7 Å². The van der Waals surface area contributed by atoms with Crippen LogP contribution in [0.3, 0.4) is 0 Å². The molecule has 3 nitrogen and oxygen atoms in total. The van der Waals surface area contributed by atoms with Crippen LogP contribution in [0.15, 0.2) is 22.7 Å². The standard InChI is InChI=1S/C12H18BrNO2/c1-12(2,3)16-14-8-9-7-10(15-4)5-6-11(9)13/h5-7,14H,8H2,1-4H3. The summed E-state index contributed by atoms with van der Waals surface area (Å²) in [7, 11) is 1.66. The molecule has 0 atom stereocenters. The molecule has 0 heterocycles. The third-order valence-electron chi connectivity index (χ3n) is 1.89. The second-order valence-electron chi connectivity index (χ2n) is 4.49. The van der Waals surface area contributed by atoms with E-state index in [0.29, 0.717) is 6.54 Å². The van der Waals surface area contributed by atoms with E-state index in [-0.39, 0.29) is 5.60 Å². The minimum atomic E-state index is -0.189. The Morgan fingerprint density at radius 3 is 2.56 bits per heavy atom. The van der Waals surface area contributed by atoms with Crippen molar-refractivity contribution < 1.29 is 9.57 Å². The average molecular weight is 288 g/mol. The number of methoxy groups -OCH3 is 1. The van der Waals surface area contributed by atoms with Gasteiger partial charge in [0, 0.05) is 11.0 Å². The molecule has 1 rings (SSSR count). The quantitative estimate of drug-likeness (QED) is 0.862. The van der Waals surface area contributed by atoms with Gasteiger partial charge in [0.05, 0.1) is 12.7 Å². The smallest absolute Gasteiger partial charge is 0.119 e. The molecular formula is C12H18BrNO2. The van der Waals surface area contributed by atoms with E-state index in [2.05, 4.69) is 21.4 Å². The van der Waals surface area contributed by atoms with Crippen molar-refractivity contribution in [2.45, 2.75) is 32.9 Å². The fourth-order valence-electron chi connectivity index (χ4n) is 1.14. The van der Waals surface area contributed by atoms with Crippen LogP contribution in [0.2, 0.25) is 0 Å². The maximum atomic E-state index is 5.45. The summed E-state index contributed by atoms with van der Waals surface area (Å²) in [6.07, 6.45) is 0. The Bertz CT molecular complexity index is 347. The molecule has 4 heteroatoms. The molecule has 1 aromatic carbocycles. The molecule has 0 saturated carbocycles. The van der Waals surface area contributed by atoms with Crippen molar-refractivity contribution >= 4 is 15.9 Å². The summed E-state index contributed by atoms with van der Waals surface area (Å²) in [6.45, 7) is 6.64. The maximum Gasteiger partial charge on any atom is 0.119 e. The first-order valence-electron chi connectivity index (χ1n) is 5.15. The van der Waals surface area contributed by atoms with Crippen molar-refractivity contribution in [2.24, 2.45) is 0 Å². The van der Waals surface area contributed by atoms with Crippen molar-refractivity contribution in [3.8, 4) is 5.75 Å². The molecular weight excluding hydrogens is 270 g/mol. The van der Waals surface area contributed by atoms with E-state index in [0.717, 1.165) is 15.8 Å². The first-order valence-corrected chi connectivity index (χ1v) is 5.95. The number of halogens is 1. The van der Waals surface area contributed by atoms with E-state index < -0.39 is 0 Å². The number of benzene rings is 1. The monoisotopic (exact) mass is 287 g/mol. The summed E-state index contributed by atoms with van der Waals surface area (Å²) in [5.41, 5.74) is 3.86. The lowest BCUT2D eigenvalue weighted by molar-refractivity contribution is -0.0758. The predicted octanol–water partition coefficient (Wildman–Crippen LogP) is 3.28. The van der Waals surface area contributed by atoms with Crippen LogP contribution >= 0.6 is 15.9 Å². The highest BCUT2D eigenvalue weighted by Crippen LogP contribution is 2.22. The molecule has 0 aliphatic heterocycles. The van der Waals surface area contributed by atoms with Gasteiger partial charge in [-0.15, -0.1) is 0 Å². The van der Waals surface area contributed by atoms with E-state index in [1.807, 2.05) is 39.0 Å². The summed E-state index contributed by atoms with van der Waals surface area (Å²) in [4.78, 5) is 5.45. The lowest BCUT2D eigenvalue weighted by Gasteiger charge is -2.19. The highest BCUT2D eigenvalue weighted by molar-refractivity contribution is 9.10. The van der Waals surface area contributed by atoms with Crippen molar-refractivity contribution in [3.05, 3.63) is 28.2 Å². The van der Waals surface area contributed by atoms with Gasteiger partial charge in [-0.3, -0.25) is 4.84 Å². The Balaban J connectivity index is 2.59. The van der Waals surface area contributed by atoms with Gasteiger partial charge in [0.1, 0.15) is 5.75 Å². The Morgan fingerprint density at radius 1 is 1.31 bits per heavy atom. The summed E-state index contributed by atoms with van der Waals surface area (Å²) in [5, 5.41) is 0. The van der Waals surface area contributed by atoms with Crippen molar-refractivity contribution in [1.29, 1.82) is 0 Å². The molecule has 0 fully saturated rings. The minimum Gasteiger partial charge on any atom is -0.497 e. The zero-order valence-electron chi connectivity index (χ0n) is 10.1. The number of rotatable bonds is 4. The van der Waals surface area contributed by atoms with Gasteiger partial charge in [-0.1, -0.05) is 15.9 Å². The summed E-state index contributed by atoms with van der Waals surface area (Å²) in [6, 6.07) is 5.86. The van der Waals surface area contributed by atoms with Crippen LogP contribution in [0, 0.1) is 0 Å². The molecule has 16 heavy (non-hydrogen) atoms. The number of hydrogen-bond acceptors (Lipinski definition) is 3. The second-order valence-corrected chi connectivity index (χ2v) is 5.35. The van der Waals surface area contributed by atoms with Crippen LogP contribution in [0.5, 0.6) is 5.75 Å². The van der Waals surface area contributed by atoms with Crippen LogP contribution < -0.4 is 10.2 Å². The van der Waals surface area contributed by atoms with Gasteiger partial charge in [-0.25, -0.2) is 0 Å². The van der Waals surface area contributed by atoms with E-state index in [1.165, 1.54) is 0 Å². The van der Waals surface area contributed by atoms with E-state index in [1.54, 1.807) is 7.11 Å². The first-order chi connectivity index (χ1) is 7.42. The van der Waals surface area contributed by atoms with Gasteiger partial charge in [0.15, 0.2) is 0 Å². The predicted molar refractivity (Wildman–Crippen MR) is 68.4 cm³/mol. The molecule has 0 bridgehead atoms. The number of hydrogen-bond donors (Lipinski definition) is 1. The SMILES string of the molecule is COc1ccc(Br)c(CNOC(C)(C)C)c1. The summed E-state index contributed by atoms with van der Waals surface area (Å²) < 4.78 is 6.21. The topological polar surface area (TPSA) is 30.5 Å². The highest BCUT2D eigenvalue weighted by atomic mass is 79.9. The fourth-order valence-corrected chi connectivity index (χ4v) is 1.53. The van der Waals surface area contributed by atoms with Crippen LogP contribution in [0.1, 0.15) is 26.3 Å². The van der Waals surface area contributed by atoms with Crippen LogP contribution in [0.25, 0.3) is 0 Å². The Labute approximate surface area is 105 Å². The normalized spacial score (nSPS) is 11.6. The van der Waals surface area contributed by atoms with Crippen LogP contribution in [-0.2, 0) is 11.4 Å². The minimum absolute atomic E-state index is 0.189. The van der Waals surface area contributed by atoms with Gasteiger partial charge < -0.3 is 4.74 Å². The zero-order chi connectivity index (χ0) is 12.2. The largest absolute Gasteiger partial charge is 0.497 e. The molecule has 0 radical (unpaired) electrons. The second kappa shape index (κ2) is 5.66. The van der Waals surface area contributed by atoms with Crippen molar-refractivity contribution in [3.63, 3.8) is 0 Å². The summed E-state index contributed by atoms with van der Waals surface area (Å²) >= 11 is 3.49. The molecule has 0 aliphatic rings. The van der Waals surface area contributed by atoms with Gasteiger partial charge in [0.2, 0.25) is 0 Å². The van der Waals surface area contributed by atoms with E-state index >= 15 is 0 Å². The van der Waals surface area contributed by atoms with Crippen LogP contribution in [0.4, 0.5) is 0 Å². The maximum absolute atomic E-state index is 5.45. The Kier molecular flexibility index (Phi) is 4.77. The van der Waals surface area contributed by atoms with Gasteiger partial charge >= 0.3 is 0 Å². The van der Waals surface area contributed by atoms with Gasteiger partial charge in [-0.05, 0) is 44.5 Å².